The van der Waals surface area contributed by atoms with Crippen LogP contribution in [0, 0.1) is 0 Å². The molecule has 1 aliphatic rings. The van der Waals surface area contributed by atoms with Crippen molar-refractivity contribution >= 4 is 17.7 Å². The molecule has 0 aromatic carbocycles. The van der Waals surface area contributed by atoms with Crippen LogP contribution in [0.15, 0.2) is 12.1 Å². The highest BCUT2D eigenvalue weighted by atomic mass is 16.5. The predicted octanol–water partition coefficient (Wildman–Crippen LogP) is -0.0954. The topological polar surface area (TPSA) is 105 Å². The molecule has 8 nitrogen and oxygen atoms in total. The normalized spacial score (nSPS) is 18.6. The van der Waals surface area contributed by atoms with Gasteiger partial charge in [0, 0.05) is 12.6 Å². The third-order valence-electron chi connectivity index (χ3n) is 3.03. The molecular formula is C13H18N4O4. The van der Waals surface area contributed by atoms with Crippen molar-refractivity contribution in [3.8, 4) is 0 Å². The van der Waals surface area contributed by atoms with E-state index in [4.69, 9.17) is 9.84 Å². The Morgan fingerprint density at radius 1 is 1.43 bits per heavy atom. The van der Waals surface area contributed by atoms with Crippen molar-refractivity contribution in [1.82, 2.24) is 15.5 Å². The van der Waals surface area contributed by atoms with Gasteiger partial charge in [-0.05, 0) is 26.0 Å². The lowest BCUT2D eigenvalue weighted by Gasteiger charge is -2.35. The number of carbonyl (C=O) groups excluding carboxylic acids is 1. The van der Waals surface area contributed by atoms with Gasteiger partial charge < -0.3 is 20.1 Å². The lowest BCUT2D eigenvalue weighted by molar-refractivity contribution is -0.125. The summed E-state index contributed by atoms with van der Waals surface area (Å²) in [5, 5.41) is 19.2. The highest BCUT2D eigenvalue weighted by molar-refractivity contribution is 5.86. The van der Waals surface area contributed by atoms with Crippen LogP contribution in [0.3, 0.4) is 0 Å². The van der Waals surface area contributed by atoms with Crippen molar-refractivity contribution in [2.24, 2.45) is 0 Å². The Kier molecular flexibility index (Phi) is 4.69. The second-order valence-corrected chi connectivity index (χ2v) is 5.03. The Labute approximate surface area is 122 Å². The third kappa shape index (κ3) is 3.66. The van der Waals surface area contributed by atoms with Gasteiger partial charge in [0.2, 0.25) is 5.91 Å². The molecule has 2 heterocycles. The second-order valence-electron chi connectivity index (χ2n) is 5.03. The molecule has 2 N–H and O–H groups in total. The van der Waals surface area contributed by atoms with Crippen LogP contribution >= 0.6 is 0 Å². The Hall–Kier alpha value is -2.22. The summed E-state index contributed by atoms with van der Waals surface area (Å²) >= 11 is 0. The lowest BCUT2D eigenvalue weighted by atomic mass is 10.2. The molecule has 1 aromatic heterocycles. The van der Waals surface area contributed by atoms with E-state index in [0.717, 1.165) is 0 Å². The average molecular weight is 294 g/mol. The SMILES string of the molecule is CC(C)NC(=O)C1COCCN1c1ccc(C(=O)O)nn1. The first kappa shape index (κ1) is 15.2. The average Bonchev–Trinajstić information content (AvgIpc) is 2.46. The van der Waals surface area contributed by atoms with E-state index in [-0.39, 0.29) is 24.2 Å². The minimum atomic E-state index is -1.13. The van der Waals surface area contributed by atoms with Crippen LogP contribution in [0.1, 0.15) is 24.3 Å². The molecule has 0 aliphatic carbocycles. The molecule has 1 aromatic rings. The van der Waals surface area contributed by atoms with Gasteiger partial charge in [0.1, 0.15) is 6.04 Å². The van der Waals surface area contributed by atoms with Crippen molar-refractivity contribution in [2.45, 2.75) is 25.9 Å². The summed E-state index contributed by atoms with van der Waals surface area (Å²) in [6, 6.07) is 2.46. The molecule has 1 atom stereocenters. The maximum absolute atomic E-state index is 12.2. The molecule has 1 saturated heterocycles. The van der Waals surface area contributed by atoms with E-state index in [2.05, 4.69) is 15.5 Å². The zero-order valence-corrected chi connectivity index (χ0v) is 11.9. The van der Waals surface area contributed by atoms with Crippen molar-refractivity contribution in [1.29, 1.82) is 0 Å². The standard InChI is InChI=1S/C13H18N4O4/c1-8(2)14-12(18)10-7-21-6-5-17(10)11-4-3-9(13(19)20)15-16-11/h3-4,8,10H,5-7H2,1-2H3,(H,14,18)(H,19,20). The Morgan fingerprint density at radius 2 is 2.19 bits per heavy atom. The highest BCUT2D eigenvalue weighted by Crippen LogP contribution is 2.17. The number of aromatic carboxylic acids is 1. The summed E-state index contributed by atoms with van der Waals surface area (Å²) in [6.45, 7) is 5.01. The minimum Gasteiger partial charge on any atom is -0.476 e. The molecule has 0 radical (unpaired) electrons. The molecule has 1 fully saturated rings. The van der Waals surface area contributed by atoms with Crippen molar-refractivity contribution < 1.29 is 19.4 Å². The summed E-state index contributed by atoms with van der Waals surface area (Å²) in [7, 11) is 0. The number of morpholine rings is 1. The molecular weight excluding hydrogens is 276 g/mol. The van der Waals surface area contributed by atoms with E-state index in [1.54, 1.807) is 11.0 Å². The number of nitrogens with one attached hydrogen (secondary N) is 1. The first-order chi connectivity index (χ1) is 9.99. The van der Waals surface area contributed by atoms with Crippen molar-refractivity contribution in [3.63, 3.8) is 0 Å². The van der Waals surface area contributed by atoms with Gasteiger partial charge in [-0.3, -0.25) is 4.79 Å². The molecule has 0 bridgehead atoms. The maximum Gasteiger partial charge on any atom is 0.356 e. The largest absolute Gasteiger partial charge is 0.476 e. The summed E-state index contributed by atoms with van der Waals surface area (Å²) in [5.41, 5.74) is -0.129. The predicted molar refractivity (Wildman–Crippen MR) is 74.2 cm³/mol. The van der Waals surface area contributed by atoms with E-state index in [1.807, 2.05) is 13.8 Å². The number of carbonyl (C=O) groups is 2. The smallest absolute Gasteiger partial charge is 0.356 e. The third-order valence-corrected chi connectivity index (χ3v) is 3.03. The number of rotatable bonds is 4. The maximum atomic E-state index is 12.2. The summed E-state index contributed by atoms with van der Waals surface area (Å²) in [5.74, 6) is -0.814. The van der Waals surface area contributed by atoms with Crippen LogP contribution in [0.5, 0.6) is 0 Å². The number of carboxylic acid groups (broad SMARTS) is 1. The molecule has 8 heteroatoms. The van der Waals surface area contributed by atoms with Gasteiger partial charge in [-0.2, -0.15) is 0 Å². The van der Waals surface area contributed by atoms with Gasteiger partial charge in [-0.15, -0.1) is 10.2 Å². The van der Waals surface area contributed by atoms with Gasteiger partial charge in [0.25, 0.3) is 0 Å². The van der Waals surface area contributed by atoms with Crippen LogP contribution in [0.2, 0.25) is 0 Å². The van der Waals surface area contributed by atoms with E-state index < -0.39 is 12.0 Å². The van der Waals surface area contributed by atoms with Crippen LogP contribution in [-0.2, 0) is 9.53 Å². The van der Waals surface area contributed by atoms with Gasteiger partial charge in [-0.1, -0.05) is 0 Å². The number of nitrogens with zero attached hydrogens (tertiary/aromatic N) is 3. The fourth-order valence-electron chi connectivity index (χ4n) is 2.07. The molecule has 1 aliphatic heterocycles. The van der Waals surface area contributed by atoms with E-state index in [0.29, 0.717) is 19.0 Å². The van der Waals surface area contributed by atoms with E-state index in [1.165, 1.54) is 6.07 Å². The molecule has 114 valence electrons. The fraction of sp³-hybridized carbons (Fsp3) is 0.538. The fourth-order valence-corrected chi connectivity index (χ4v) is 2.07. The quantitative estimate of drug-likeness (QED) is 0.799. The van der Waals surface area contributed by atoms with E-state index >= 15 is 0 Å². The Bertz CT molecular complexity index is 517. The zero-order chi connectivity index (χ0) is 15.4. The molecule has 0 saturated carbocycles. The number of hydrogen-bond donors (Lipinski definition) is 2. The molecule has 1 amide bonds. The van der Waals surface area contributed by atoms with E-state index in [9.17, 15) is 9.59 Å². The van der Waals surface area contributed by atoms with Crippen LogP contribution in [0.25, 0.3) is 0 Å². The lowest BCUT2D eigenvalue weighted by Crippen LogP contribution is -2.55. The van der Waals surface area contributed by atoms with Gasteiger partial charge >= 0.3 is 5.97 Å². The number of aromatic nitrogens is 2. The van der Waals surface area contributed by atoms with Crippen molar-refractivity contribution in [3.05, 3.63) is 17.8 Å². The molecule has 1 unspecified atom stereocenters. The molecule has 2 rings (SSSR count). The molecule has 21 heavy (non-hydrogen) atoms. The number of amides is 1. The minimum absolute atomic E-state index is 0.0294. The first-order valence-electron chi connectivity index (χ1n) is 6.71. The van der Waals surface area contributed by atoms with Crippen LogP contribution in [0.4, 0.5) is 5.82 Å². The Balaban J connectivity index is 2.18. The zero-order valence-electron chi connectivity index (χ0n) is 11.9. The van der Waals surface area contributed by atoms with Gasteiger partial charge in [-0.25, -0.2) is 4.79 Å². The number of anilines is 1. The molecule has 0 spiro atoms. The highest BCUT2D eigenvalue weighted by Gasteiger charge is 2.31. The van der Waals surface area contributed by atoms with Crippen LogP contribution < -0.4 is 10.2 Å². The van der Waals surface area contributed by atoms with Gasteiger partial charge in [0.05, 0.1) is 13.2 Å². The first-order valence-corrected chi connectivity index (χ1v) is 6.71. The Morgan fingerprint density at radius 3 is 2.76 bits per heavy atom. The second kappa shape index (κ2) is 6.49. The van der Waals surface area contributed by atoms with Crippen LogP contribution in [-0.4, -0.2) is 59.0 Å². The summed E-state index contributed by atoms with van der Waals surface area (Å²) in [6.07, 6.45) is 0. The summed E-state index contributed by atoms with van der Waals surface area (Å²) < 4.78 is 5.35. The number of ether oxygens (including phenoxy) is 1. The van der Waals surface area contributed by atoms with Crippen molar-refractivity contribution in [2.75, 3.05) is 24.7 Å². The number of carboxylic acids is 1. The monoisotopic (exact) mass is 294 g/mol. The number of hydrogen-bond acceptors (Lipinski definition) is 6. The van der Waals surface area contributed by atoms with Gasteiger partial charge in [0.15, 0.2) is 11.5 Å². The summed E-state index contributed by atoms with van der Waals surface area (Å²) in [4.78, 5) is 24.8.